The Kier molecular flexibility index (Phi) is 10.8. The Morgan fingerprint density at radius 2 is 1.33 bits per heavy atom. The number of ether oxygens (including phenoxy) is 6. The summed E-state index contributed by atoms with van der Waals surface area (Å²) in [7, 11) is 0. The predicted octanol–water partition coefficient (Wildman–Crippen LogP) is 3.19. The molecule has 5 atom stereocenters. The lowest BCUT2D eigenvalue weighted by atomic mass is 9.98. The van der Waals surface area contributed by atoms with Gasteiger partial charge in [-0.05, 0) is 12.1 Å². The van der Waals surface area contributed by atoms with Crippen LogP contribution in [0, 0.1) is 0 Å². The topological polar surface area (TPSA) is 136 Å². The Labute approximate surface area is 221 Å². The van der Waals surface area contributed by atoms with Gasteiger partial charge in [-0.25, -0.2) is 4.99 Å². The Bertz CT molecular complexity index is 982. The number of aliphatic imine (C=N–C) groups is 1. The maximum atomic E-state index is 11.9. The van der Waals surface area contributed by atoms with E-state index in [4.69, 9.17) is 63.2 Å². The van der Waals surface area contributed by atoms with Gasteiger partial charge in [-0.2, -0.15) is 0 Å². The van der Waals surface area contributed by atoms with Gasteiger partial charge in [-0.3, -0.25) is 19.2 Å². The zero-order valence-electron chi connectivity index (χ0n) is 19.6. The van der Waals surface area contributed by atoms with Crippen LogP contribution in [-0.4, -0.2) is 70.9 Å². The highest BCUT2D eigenvalue weighted by Gasteiger charge is 2.54. The number of hydrogen-bond acceptors (Lipinski definition) is 11. The molecule has 0 aromatic heterocycles. The van der Waals surface area contributed by atoms with Gasteiger partial charge in [0.25, 0.3) is 3.79 Å². The summed E-state index contributed by atoms with van der Waals surface area (Å²) in [5.74, 6) is -3.54. The van der Waals surface area contributed by atoms with E-state index in [1.807, 2.05) is 0 Å². The summed E-state index contributed by atoms with van der Waals surface area (Å²) in [5.41, 5.74) is 0.351. The minimum absolute atomic E-state index is 0.351. The van der Waals surface area contributed by atoms with Gasteiger partial charge < -0.3 is 28.4 Å². The molecule has 0 saturated carbocycles. The van der Waals surface area contributed by atoms with Gasteiger partial charge >= 0.3 is 23.9 Å². The van der Waals surface area contributed by atoms with Crippen molar-refractivity contribution in [2.75, 3.05) is 6.61 Å². The molecule has 1 aliphatic heterocycles. The summed E-state index contributed by atoms with van der Waals surface area (Å²) in [6.45, 7) is 3.98. The van der Waals surface area contributed by atoms with Crippen molar-refractivity contribution in [2.45, 2.75) is 62.2 Å². The molecule has 0 N–H and O–H groups in total. The second kappa shape index (κ2) is 13.1. The first-order valence-corrected chi connectivity index (χ1v) is 11.6. The van der Waals surface area contributed by atoms with Gasteiger partial charge in [-0.1, -0.05) is 53.0 Å². The molecule has 11 nitrogen and oxygen atoms in total. The van der Waals surface area contributed by atoms with E-state index in [0.29, 0.717) is 5.69 Å². The van der Waals surface area contributed by atoms with Crippen LogP contribution in [0.3, 0.4) is 0 Å². The van der Waals surface area contributed by atoms with Crippen LogP contribution in [-0.2, 0) is 47.6 Å². The van der Waals surface area contributed by atoms with E-state index in [0.717, 1.165) is 27.7 Å². The fourth-order valence-electron chi connectivity index (χ4n) is 3.17. The Morgan fingerprint density at radius 1 is 0.806 bits per heavy atom. The van der Waals surface area contributed by atoms with Crippen molar-refractivity contribution >= 4 is 70.3 Å². The van der Waals surface area contributed by atoms with Crippen LogP contribution in [0.1, 0.15) is 27.7 Å². The van der Waals surface area contributed by atoms with Gasteiger partial charge in [-0.15, -0.1) is 0 Å². The fourth-order valence-corrected chi connectivity index (χ4v) is 3.43. The fraction of sp³-hybridized carbons (Fsp3) is 0.500. The van der Waals surface area contributed by atoms with E-state index in [-0.39, 0.29) is 0 Å². The Morgan fingerprint density at radius 3 is 1.83 bits per heavy atom. The normalized spacial score (nSPS) is 24.3. The lowest BCUT2D eigenvalue weighted by Crippen LogP contribution is -2.63. The molecule has 2 rings (SSSR count). The molecule has 1 heterocycles. The Hall–Kier alpha value is -2.60. The van der Waals surface area contributed by atoms with Crippen LogP contribution in [0.5, 0.6) is 0 Å². The van der Waals surface area contributed by atoms with Crippen LogP contribution in [0.15, 0.2) is 35.3 Å². The van der Waals surface area contributed by atoms with Crippen LogP contribution in [0.4, 0.5) is 5.69 Å². The van der Waals surface area contributed by atoms with Crippen LogP contribution in [0.25, 0.3) is 0 Å². The van der Waals surface area contributed by atoms with Gasteiger partial charge in [0.05, 0.1) is 5.69 Å². The van der Waals surface area contributed by atoms with Crippen LogP contribution >= 0.6 is 34.8 Å². The number of para-hydroxylation sites is 1. The Balaban J connectivity index is 2.55. The molecule has 198 valence electrons. The standard InChI is InChI=1S/C22H24Cl3NO10/c1-11(27)31-10-16-17(32-12(2)28)18(33-13(3)29)19(34-14(4)30)20(35-16)36-21(22(23,24)25)26-15-8-6-5-7-9-15/h5-9,16-20H,10H2,1-4H3/t16-,17-,18+,19+,20?/m1/s1. The third-order valence-electron chi connectivity index (χ3n) is 4.41. The maximum Gasteiger partial charge on any atom is 0.303 e. The molecule has 0 amide bonds. The first kappa shape index (κ1) is 29.6. The van der Waals surface area contributed by atoms with E-state index in [2.05, 4.69) is 4.99 Å². The van der Waals surface area contributed by atoms with Crippen LogP contribution < -0.4 is 0 Å². The largest absolute Gasteiger partial charge is 0.463 e. The minimum atomic E-state index is -2.21. The molecular formula is C22H24Cl3NO10. The van der Waals surface area contributed by atoms with Gasteiger partial charge in [0.2, 0.25) is 18.3 Å². The number of esters is 4. The maximum absolute atomic E-state index is 11.9. The molecule has 1 aromatic carbocycles. The van der Waals surface area contributed by atoms with Crippen molar-refractivity contribution in [2.24, 2.45) is 4.99 Å². The summed E-state index contributed by atoms with van der Waals surface area (Å²) in [5, 5.41) is 0. The average Bonchev–Trinajstić information content (AvgIpc) is 2.75. The third kappa shape index (κ3) is 9.12. The number of carbonyl (C=O) groups is 4. The van der Waals surface area contributed by atoms with Crippen molar-refractivity contribution in [3.8, 4) is 0 Å². The molecule has 0 bridgehead atoms. The zero-order chi connectivity index (χ0) is 27.0. The summed E-state index contributed by atoms with van der Waals surface area (Å²) in [4.78, 5) is 51.3. The molecule has 0 radical (unpaired) electrons. The molecule has 0 aliphatic carbocycles. The summed E-state index contributed by atoms with van der Waals surface area (Å²) in [6.07, 6.45) is -7.19. The van der Waals surface area contributed by atoms with E-state index in [1.54, 1.807) is 30.3 Å². The third-order valence-corrected chi connectivity index (χ3v) is 4.89. The summed E-state index contributed by atoms with van der Waals surface area (Å²) >= 11 is 18.2. The highest BCUT2D eigenvalue weighted by molar-refractivity contribution is 6.76. The monoisotopic (exact) mass is 567 g/mol. The molecular weight excluding hydrogens is 545 g/mol. The number of alkyl halides is 3. The number of nitrogens with zero attached hydrogens (tertiary/aromatic N) is 1. The van der Waals surface area contributed by atoms with Crippen LogP contribution in [0.2, 0.25) is 0 Å². The number of rotatable bonds is 7. The molecule has 1 aromatic rings. The number of hydrogen-bond donors (Lipinski definition) is 0. The van der Waals surface area contributed by atoms with E-state index >= 15 is 0 Å². The highest BCUT2D eigenvalue weighted by atomic mass is 35.6. The molecule has 14 heteroatoms. The number of carbonyl (C=O) groups excluding carboxylic acids is 4. The molecule has 1 aliphatic rings. The number of benzene rings is 1. The van der Waals surface area contributed by atoms with Gasteiger partial charge in [0, 0.05) is 27.7 Å². The van der Waals surface area contributed by atoms with Crippen molar-refractivity contribution < 1.29 is 47.6 Å². The molecule has 1 fully saturated rings. The lowest BCUT2D eigenvalue weighted by molar-refractivity contribution is -0.291. The van der Waals surface area contributed by atoms with Gasteiger partial charge in [0.15, 0.2) is 12.2 Å². The van der Waals surface area contributed by atoms with E-state index < -0.39 is 70.9 Å². The van der Waals surface area contributed by atoms with Crippen molar-refractivity contribution in [3.63, 3.8) is 0 Å². The number of halogens is 3. The molecule has 1 saturated heterocycles. The zero-order valence-corrected chi connectivity index (χ0v) is 21.9. The molecule has 36 heavy (non-hydrogen) atoms. The van der Waals surface area contributed by atoms with Crippen molar-refractivity contribution in [3.05, 3.63) is 30.3 Å². The van der Waals surface area contributed by atoms with Crippen molar-refractivity contribution in [1.29, 1.82) is 0 Å². The van der Waals surface area contributed by atoms with Gasteiger partial charge in [0.1, 0.15) is 12.7 Å². The van der Waals surface area contributed by atoms with E-state index in [9.17, 15) is 19.2 Å². The highest BCUT2D eigenvalue weighted by Crippen LogP contribution is 2.35. The smallest absolute Gasteiger partial charge is 0.303 e. The lowest BCUT2D eigenvalue weighted by Gasteiger charge is -2.44. The summed E-state index contributed by atoms with van der Waals surface area (Å²) in [6, 6.07) is 8.32. The first-order valence-electron chi connectivity index (χ1n) is 10.5. The average molecular weight is 569 g/mol. The first-order chi connectivity index (χ1) is 16.8. The molecule has 1 unspecified atom stereocenters. The minimum Gasteiger partial charge on any atom is -0.463 e. The second-order valence-electron chi connectivity index (χ2n) is 7.44. The van der Waals surface area contributed by atoms with Crippen molar-refractivity contribution in [1.82, 2.24) is 0 Å². The summed E-state index contributed by atoms with van der Waals surface area (Å²) < 4.78 is 30.3. The molecule has 0 spiro atoms. The quantitative estimate of drug-likeness (QED) is 0.159. The van der Waals surface area contributed by atoms with E-state index in [1.165, 1.54) is 0 Å². The second-order valence-corrected chi connectivity index (χ2v) is 9.72. The predicted molar refractivity (Wildman–Crippen MR) is 127 cm³/mol. The SMILES string of the molecule is CC(=O)OC[C@H]1OC(OC(=Nc2ccccc2)C(Cl)(Cl)Cl)[C@@H](OC(C)=O)[C@@H](OC(C)=O)[C@@H]1OC(C)=O.